The van der Waals surface area contributed by atoms with Gasteiger partial charge < -0.3 is 4.74 Å². The van der Waals surface area contributed by atoms with Gasteiger partial charge in [-0.25, -0.2) is 5.84 Å². The summed E-state index contributed by atoms with van der Waals surface area (Å²) in [4.78, 5) is 2.41. The van der Waals surface area contributed by atoms with Gasteiger partial charge in [-0.15, -0.1) is 10.2 Å². The van der Waals surface area contributed by atoms with Gasteiger partial charge in [0.25, 0.3) is 0 Å². The first kappa shape index (κ1) is 12.7. The van der Waals surface area contributed by atoms with Crippen LogP contribution in [0.5, 0.6) is 0 Å². The molecule has 0 aromatic carbocycles. The van der Waals surface area contributed by atoms with E-state index >= 15 is 0 Å². The van der Waals surface area contributed by atoms with Gasteiger partial charge in [0.2, 0.25) is 5.13 Å². The molecule has 1 saturated heterocycles. The Morgan fingerprint density at radius 2 is 2.47 bits per heavy atom. The molecule has 1 aliphatic rings. The molecule has 1 atom stereocenters. The molecule has 1 aliphatic heterocycles. The fourth-order valence-electron chi connectivity index (χ4n) is 2.23. The number of nitrogens with two attached hydrogens (primary N) is 1. The number of hydrogen-bond acceptors (Lipinski definition) is 7. The van der Waals surface area contributed by atoms with E-state index in [4.69, 9.17) is 10.6 Å². The van der Waals surface area contributed by atoms with Crippen molar-refractivity contribution in [3.05, 3.63) is 5.01 Å². The van der Waals surface area contributed by atoms with Crippen LogP contribution >= 0.6 is 11.3 Å². The van der Waals surface area contributed by atoms with Crippen molar-refractivity contribution in [2.75, 3.05) is 32.2 Å². The summed E-state index contributed by atoms with van der Waals surface area (Å²) in [6.45, 7) is 3.92. The molecular weight excluding hydrogens is 238 g/mol. The minimum absolute atomic E-state index is 0.647. The molecule has 1 fully saturated rings. The van der Waals surface area contributed by atoms with Gasteiger partial charge in [-0.2, -0.15) is 0 Å². The lowest BCUT2D eigenvalue weighted by atomic mass is 9.99. The lowest BCUT2D eigenvalue weighted by molar-refractivity contribution is 0.0872. The van der Waals surface area contributed by atoms with E-state index in [1.54, 1.807) is 7.11 Å². The molecule has 0 bridgehead atoms. The molecule has 0 radical (unpaired) electrons. The van der Waals surface area contributed by atoms with Crippen molar-refractivity contribution in [2.24, 2.45) is 11.8 Å². The second-order valence-corrected chi connectivity index (χ2v) is 5.41. The number of ether oxygens (including phenoxy) is 1. The van der Waals surface area contributed by atoms with E-state index in [0.29, 0.717) is 11.0 Å². The monoisotopic (exact) mass is 257 g/mol. The fourth-order valence-corrected chi connectivity index (χ4v) is 2.93. The van der Waals surface area contributed by atoms with Crippen LogP contribution in [0.1, 0.15) is 17.8 Å². The maximum Gasteiger partial charge on any atom is 0.219 e. The van der Waals surface area contributed by atoms with Crippen LogP contribution < -0.4 is 11.3 Å². The Labute approximate surface area is 105 Å². The van der Waals surface area contributed by atoms with Crippen LogP contribution in [-0.4, -0.2) is 41.9 Å². The third-order valence-corrected chi connectivity index (χ3v) is 3.79. The minimum Gasteiger partial charge on any atom is -0.384 e. The molecule has 6 nitrogen and oxygen atoms in total. The Morgan fingerprint density at radius 3 is 3.18 bits per heavy atom. The van der Waals surface area contributed by atoms with Gasteiger partial charge in [-0.05, 0) is 25.3 Å². The van der Waals surface area contributed by atoms with Gasteiger partial charge in [-0.3, -0.25) is 10.3 Å². The van der Waals surface area contributed by atoms with Crippen LogP contribution in [0.25, 0.3) is 0 Å². The van der Waals surface area contributed by atoms with Crippen molar-refractivity contribution < 1.29 is 4.74 Å². The summed E-state index contributed by atoms with van der Waals surface area (Å²) in [5.41, 5.74) is 2.52. The largest absolute Gasteiger partial charge is 0.384 e. The van der Waals surface area contributed by atoms with Gasteiger partial charge >= 0.3 is 0 Å². The maximum atomic E-state index is 5.29. The zero-order valence-electron chi connectivity index (χ0n) is 10.1. The number of methoxy groups -OCH3 is 1. The Morgan fingerprint density at radius 1 is 1.59 bits per heavy atom. The number of piperidine rings is 1. The summed E-state index contributed by atoms with van der Waals surface area (Å²) < 4.78 is 5.22. The molecule has 1 aromatic rings. The van der Waals surface area contributed by atoms with Crippen molar-refractivity contribution in [1.82, 2.24) is 15.1 Å². The first-order valence-corrected chi connectivity index (χ1v) is 6.63. The molecule has 7 heteroatoms. The molecule has 0 amide bonds. The van der Waals surface area contributed by atoms with E-state index in [1.807, 2.05) is 0 Å². The number of nitrogens with one attached hydrogen (secondary N) is 1. The van der Waals surface area contributed by atoms with Crippen molar-refractivity contribution in [3.63, 3.8) is 0 Å². The summed E-state index contributed by atoms with van der Waals surface area (Å²) in [6.07, 6.45) is 2.49. The molecule has 2 rings (SSSR count). The average molecular weight is 257 g/mol. The Bertz CT molecular complexity index is 343. The SMILES string of the molecule is COCC1CCCN(Cc2nnc(NN)s2)C1. The van der Waals surface area contributed by atoms with Gasteiger partial charge in [0, 0.05) is 13.7 Å². The van der Waals surface area contributed by atoms with Gasteiger partial charge in [0.05, 0.1) is 13.2 Å². The summed E-state index contributed by atoms with van der Waals surface area (Å²) in [6, 6.07) is 0. The van der Waals surface area contributed by atoms with Crippen LogP contribution in [0, 0.1) is 5.92 Å². The zero-order valence-corrected chi connectivity index (χ0v) is 10.9. The fraction of sp³-hybridized carbons (Fsp3) is 0.800. The molecule has 3 N–H and O–H groups in total. The first-order valence-electron chi connectivity index (χ1n) is 5.82. The number of hydrogen-bond donors (Lipinski definition) is 2. The molecule has 96 valence electrons. The third-order valence-electron chi connectivity index (χ3n) is 2.95. The number of anilines is 1. The Hall–Kier alpha value is -0.760. The number of rotatable bonds is 5. The maximum absolute atomic E-state index is 5.29. The number of likely N-dealkylation sites (tertiary alicyclic amines) is 1. The molecule has 0 aliphatic carbocycles. The second-order valence-electron chi connectivity index (χ2n) is 4.34. The molecule has 0 spiro atoms. The highest BCUT2D eigenvalue weighted by atomic mass is 32.1. The summed E-state index contributed by atoms with van der Waals surface area (Å²) in [7, 11) is 1.77. The number of nitrogens with zero attached hydrogens (tertiary/aromatic N) is 3. The summed E-state index contributed by atoms with van der Waals surface area (Å²) in [5.74, 6) is 5.93. The lowest BCUT2D eigenvalue weighted by Crippen LogP contribution is -2.36. The number of nitrogen functional groups attached to an aromatic ring is 1. The Kier molecular flexibility index (Phi) is 4.66. The van der Waals surface area contributed by atoms with Crippen molar-refractivity contribution in [2.45, 2.75) is 19.4 Å². The molecule has 17 heavy (non-hydrogen) atoms. The van der Waals surface area contributed by atoms with Crippen molar-refractivity contribution >= 4 is 16.5 Å². The van der Waals surface area contributed by atoms with Crippen LogP contribution in [0.3, 0.4) is 0 Å². The van der Waals surface area contributed by atoms with E-state index in [-0.39, 0.29) is 0 Å². The Balaban J connectivity index is 1.85. The molecule has 2 heterocycles. The average Bonchev–Trinajstić information content (AvgIpc) is 2.78. The normalized spacial score (nSPS) is 21.6. The van der Waals surface area contributed by atoms with E-state index < -0.39 is 0 Å². The van der Waals surface area contributed by atoms with Gasteiger partial charge in [0.15, 0.2) is 0 Å². The first-order chi connectivity index (χ1) is 8.31. The third kappa shape index (κ3) is 3.60. The predicted molar refractivity (Wildman–Crippen MR) is 67.6 cm³/mol. The number of hydrazine groups is 1. The van der Waals surface area contributed by atoms with Crippen LogP contribution in [-0.2, 0) is 11.3 Å². The highest BCUT2D eigenvalue weighted by Gasteiger charge is 2.20. The zero-order chi connectivity index (χ0) is 12.1. The van der Waals surface area contributed by atoms with Crippen LogP contribution in [0.4, 0.5) is 5.13 Å². The van der Waals surface area contributed by atoms with E-state index in [1.165, 1.54) is 24.2 Å². The van der Waals surface area contributed by atoms with E-state index in [9.17, 15) is 0 Å². The highest BCUT2D eigenvalue weighted by Crippen LogP contribution is 2.21. The van der Waals surface area contributed by atoms with Crippen molar-refractivity contribution in [1.29, 1.82) is 0 Å². The summed E-state index contributed by atoms with van der Waals surface area (Å²) in [5, 5.41) is 9.72. The predicted octanol–water partition coefficient (Wildman–Crippen LogP) is 0.682. The standard InChI is InChI=1S/C10H19N5OS/c1-16-7-8-3-2-4-15(5-8)6-9-13-14-10(12-11)17-9/h8H,2-7,11H2,1H3,(H,12,14). The molecule has 0 saturated carbocycles. The quantitative estimate of drug-likeness (QED) is 0.597. The molecule has 1 unspecified atom stereocenters. The van der Waals surface area contributed by atoms with Crippen molar-refractivity contribution in [3.8, 4) is 0 Å². The van der Waals surface area contributed by atoms with Crippen LogP contribution in [0.15, 0.2) is 0 Å². The second kappa shape index (κ2) is 6.25. The van der Waals surface area contributed by atoms with Gasteiger partial charge in [-0.1, -0.05) is 11.3 Å². The summed E-state index contributed by atoms with van der Waals surface area (Å²) >= 11 is 1.51. The minimum atomic E-state index is 0.647. The van der Waals surface area contributed by atoms with Gasteiger partial charge in [0.1, 0.15) is 5.01 Å². The number of aromatic nitrogens is 2. The topological polar surface area (TPSA) is 76.3 Å². The molecule has 1 aromatic heterocycles. The van der Waals surface area contributed by atoms with E-state index in [2.05, 4.69) is 20.5 Å². The van der Waals surface area contributed by atoms with Crippen LogP contribution in [0.2, 0.25) is 0 Å². The lowest BCUT2D eigenvalue weighted by Gasteiger charge is -2.31. The smallest absolute Gasteiger partial charge is 0.219 e. The highest BCUT2D eigenvalue weighted by molar-refractivity contribution is 7.15. The molecular formula is C10H19N5OS. The van der Waals surface area contributed by atoms with E-state index in [0.717, 1.165) is 31.2 Å².